The predicted octanol–water partition coefficient (Wildman–Crippen LogP) is 2.94. The van der Waals surface area contributed by atoms with E-state index in [9.17, 15) is 4.79 Å². The van der Waals surface area contributed by atoms with Crippen LogP contribution in [-0.4, -0.2) is 53.9 Å². The Morgan fingerprint density at radius 1 is 1.41 bits per heavy atom. The normalized spacial score (nSPS) is 15.6. The molecular formula is C21H30N4OS. The number of fused-ring (bicyclic) bond motifs is 1. The molecule has 0 bridgehead atoms. The number of nitrogens with zero attached hydrogens (tertiary/aromatic N) is 3. The maximum atomic E-state index is 12.7. The van der Waals surface area contributed by atoms with E-state index in [1.807, 2.05) is 25.7 Å². The van der Waals surface area contributed by atoms with E-state index in [2.05, 4.69) is 46.1 Å². The first-order valence-electron chi connectivity index (χ1n) is 9.67. The third-order valence-corrected chi connectivity index (χ3v) is 5.98. The minimum absolute atomic E-state index is 0.0621. The summed E-state index contributed by atoms with van der Waals surface area (Å²) in [6, 6.07) is 4.44. The SMILES string of the molecule is CCc1ccc(CN2CCc3c(C(=O)NC(C)CN(C)C)csc3C2)nc1. The Labute approximate surface area is 166 Å². The number of carbonyl (C=O) groups excluding carboxylic acids is 1. The highest BCUT2D eigenvalue weighted by Gasteiger charge is 2.24. The van der Waals surface area contributed by atoms with Gasteiger partial charge >= 0.3 is 0 Å². The zero-order chi connectivity index (χ0) is 19.4. The van der Waals surface area contributed by atoms with Crippen molar-refractivity contribution < 1.29 is 4.79 Å². The van der Waals surface area contributed by atoms with Crippen LogP contribution < -0.4 is 5.32 Å². The lowest BCUT2D eigenvalue weighted by atomic mass is 10.0. The highest BCUT2D eigenvalue weighted by atomic mass is 32.1. The van der Waals surface area contributed by atoms with Crippen molar-refractivity contribution >= 4 is 17.2 Å². The minimum Gasteiger partial charge on any atom is -0.348 e. The fourth-order valence-corrected chi connectivity index (χ4v) is 4.71. The Hall–Kier alpha value is -1.76. The molecule has 0 radical (unpaired) electrons. The van der Waals surface area contributed by atoms with Gasteiger partial charge in [-0.3, -0.25) is 14.7 Å². The number of likely N-dealkylation sites (N-methyl/N-ethyl adjacent to an activating group) is 1. The average molecular weight is 387 g/mol. The Morgan fingerprint density at radius 3 is 2.89 bits per heavy atom. The lowest BCUT2D eigenvalue weighted by molar-refractivity contribution is 0.0933. The Morgan fingerprint density at radius 2 is 2.22 bits per heavy atom. The molecule has 1 aliphatic rings. The molecule has 1 atom stereocenters. The molecule has 0 saturated heterocycles. The van der Waals surface area contributed by atoms with Crippen LogP contribution in [0.1, 0.15) is 45.9 Å². The molecule has 1 unspecified atom stereocenters. The number of hydrogen-bond acceptors (Lipinski definition) is 5. The van der Waals surface area contributed by atoms with E-state index >= 15 is 0 Å². The molecule has 27 heavy (non-hydrogen) atoms. The molecule has 0 spiro atoms. The van der Waals surface area contributed by atoms with Crippen LogP contribution in [0.25, 0.3) is 0 Å². The van der Waals surface area contributed by atoms with Gasteiger partial charge in [0.05, 0.1) is 11.3 Å². The van der Waals surface area contributed by atoms with Crippen LogP contribution in [0.2, 0.25) is 0 Å². The molecule has 3 heterocycles. The molecule has 0 aliphatic carbocycles. The minimum atomic E-state index is 0.0621. The molecular weight excluding hydrogens is 356 g/mol. The second-order valence-corrected chi connectivity index (χ2v) is 8.62. The van der Waals surface area contributed by atoms with Gasteiger partial charge in [0.25, 0.3) is 5.91 Å². The lowest BCUT2D eigenvalue weighted by Crippen LogP contribution is -2.40. The van der Waals surface area contributed by atoms with Gasteiger partial charge in [-0.15, -0.1) is 11.3 Å². The summed E-state index contributed by atoms with van der Waals surface area (Å²) in [6.07, 6.45) is 3.93. The fourth-order valence-electron chi connectivity index (χ4n) is 3.59. The van der Waals surface area contributed by atoms with Crippen molar-refractivity contribution in [3.63, 3.8) is 0 Å². The quantitative estimate of drug-likeness (QED) is 0.795. The van der Waals surface area contributed by atoms with E-state index in [0.29, 0.717) is 0 Å². The summed E-state index contributed by atoms with van der Waals surface area (Å²) in [5.41, 5.74) is 4.49. The van der Waals surface area contributed by atoms with Crippen molar-refractivity contribution in [3.8, 4) is 0 Å². The lowest BCUT2D eigenvalue weighted by Gasteiger charge is -2.27. The predicted molar refractivity (Wildman–Crippen MR) is 111 cm³/mol. The summed E-state index contributed by atoms with van der Waals surface area (Å²) < 4.78 is 0. The summed E-state index contributed by atoms with van der Waals surface area (Å²) in [7, 11) is 4.04. The number of rotatable bonds is 7. The summed E-state index contributed by atoms with van der Waals surface area (Å²) in [5, 5.41) is 5.16. The second kappa shape index (κ2) is 8.95. The number of hydrogen-bond donors (Lipinski definition) is 1. The number of thiophene rings is 1. The standard InChI is InChI=1S/C21H30N4OS/c1-5-16-6-7-17(22-10-16)12-25-9-8-18-19(14-27-20(18)13-25)21(26)23-15(2)11-24(3)4/h6-7,10,14-15H,5,8-9,11-13H2,1-4H3,(H,23,26). The topological polar surface area (TPSA) is 48.5 Å². The number of carbonyl (C=O) groups is 1. The van der Waals surface area contributed by atoms with Gasteiger partial charge in [0, 0.05) is 48.7 Å². The van der Waals surface area contributed by atoms with Gasteiger partial charge in [0.2, 0.25) is 0 Å². The zero-order valence-corrected chi connectivity index (χ0v) is 17.6. The maximum Gasteiger partial charge on any atom is 0.252 e. The van der Waals surface area contributed by atoms with Crippen LogP contribution in [-0.2, 0) is 25.9 Å². The Kier molecular flexibility index (Phi) is 6.63. The number of pyridine rings is 1. The van der Waals surface area contributed by atoms with Crippen molar-refractivity contribution in [1.82, 2.24) is 20.1 Å². The highest BCUT2D eigenvalue weighted by molar-refractivity contribution is 7.10. The molecule has 2 aromatic rings. The number of aryl methyl sites for hydroxylation is 1. The zero-order valence-electron chi connectivity index (χ0n) is 16.8. The van der Waals surface area contributed by atoms with Gasteiger partial charge in [0.1, 0.15) is 0 Å². The molecule has 5 nitrogen and oxygen atoms in total. The van der Waals surface area contributed by atoms with Gasteiger partial charge in [0.15, 0.2) is 0 Å². The molecule has 6 heteroatoms. The number of amides is 1. The van der Waals surface area contributed by atoms with E-state index in [0.717, 1.165) is 50.3 Å². The van der Waals surface area contributed by atoms with Crippen molar-refractivity contribution in [2.24, 2.45) is 0 Å². The third kappa shape index (κ3) is 5.15. The van der Waals surface area contributed by atoms with Crippen LogP contribution in [0, 0.1) is 0 Å². The van der Waals surface area contributed by atoms with Crippen molar-refractivity contribution in [2.45, 2.75) is 45.8 Å². The van der Waals surface area contributed by atoms with Gasteiger partial charge < -0.3 is 10.2 Å². The summed E-state index contributed by atoms with van der Waals surface area (Å²) in [5.74, 6) is 0.0621. The van der Waals surface area contributed by atoms with Crippen LogP contribution in [0.3, 0.4) is 0 Å². The van der Waals surface area contributed by atoms with Crippen LogP contribution >= 0.6 is 11.3 Å². The van der Waals surface area contributed by atoms with E-state index in [1.165, 1.54) is 16.0 Å². The molecule has 1 aliphatic heterocycles. The largest absolute Gasteiger partial charge is 0.348 e. The van der Waals surface area contributed by atoms with Gasteiger partial charge in [-0.05, 0) is 51.1 Å². The molecule has 146 valence electrons. The smallest absolute Gasteiger partial charge is 0.252 e. The van der Waals surface area contributed by atoms with E-state index in [-0.39, 0.29) is 11.9 Å². The maximum absolute atomic E-state index is 12.7. The second-order valence-electron chi connectivity index (χ2n) is 7.66. The molecule has 1 amide bonds. The monoisotopic (exact) mass is 386 g/mol. The summed E-state index contributed by atoms with van der Waals surface area (Å²) in [4.78, 5) is 23.1. The number of aromatic nitrogens is 1. The first kappa shape index (κ1) is 20.0. The Balaban J connectivity index is 1.61. The number of nitrogens with one attached hydrogen (secondary N) is 1. The van der Waals surface area contributed by atoms with E-state index < -0.39 is 0 Å². The fraction of sp³-hybridized carbons (Fsp3) is 0.524. The molecule has 1 N–H and O–H groups in total. The van der Waals surface area contributed by atoms with Crippen molar-refractivity contribution in [3.05, 3.63) is 51.0 Å². The molecule has 0 saturated carbocycles. The summed E-state index contributed by atoms with van der Waals surface area (Å²) in [6.45, 7) is 7.77. The first-order valence-corrected chi connectivity index (χ1v) is 10.5. The van der Waals surface area contributed by atoms with E-state index in [1.54, 1.807) is 11.3 Å². The van der Waals surface area contributed by atoms with Crippen LogP contribution in [0.15, 0.2) is 23.7 Å². The van der Waals surface area contributed by atoms with Crippen molar-refractivity contribution in [1.29, 1.82) is 0 Å². The molecule has 0 aromatic carbocycles. The van der Waals surface area contributed by atoms with Crippen LogP contribution in [0.4, 0.5) is 0 Å². The highest BCUT2D eigenvalue weighted by Crippen LogP contribution is 2.29. The molecule has 0 fully saturated rings. The molecule has 2 aromatic heterocycles. The van der Waals surface area contributed by atoms with Gasteiger partial charge in [-0.25, -0.2) is 0 Å². The summed E-state index contributed by atoms with van der Waals surface area (Å²) >= 11 is 1.71. The van der Waals surface area contributed by atoms with E-state index in [4.69, 9.17) is 0 Å². The first-order chi connectivity index (χ1) is 13.0. The van der Waals surface area contributed by atoms with Crippen molar-refractivity contribution in [2.75, 3.05) is 27.2 Å². The van der Waals surface area contributed by atoms with Gasteiger partial charge in [-0.1, -0.05) is 13.0 Å². The molecule has 3 rings (SSSR count). The third-order valence-electron chi connectivity index (χ3n) is 4.97. The average Bonchev–Trinajstić information content (AvgIpc) is 3.05. The van der Waals surface area contributed by atoms with Crippen LogP contribution in [0.5, 0.6) is 0 Å². The van der Waals surface area contributed by atoms with Gasteiger partial charge in [-0.2, -0.15) is 0 Å². The Bertz CT molecular complexity index is 769.